The maximum atomic E-state index is 14.4. The number of nitrogens with zero attached hydrogens (tertiary/aromatic N) is 6. The molecule has 1 aliphatic heterocycles. The highest BCUT2D eigenvalue weighted by atomic mass is 16.2. The van der Waals surface area contributed by atoms with E-state index in [0.717, 1.165) is 22.3 Å². The van der Waals surface area contributed by atoms with Crippen LogP contribution < -0.4 is 11.5 Å². The molecule has 4 aromatic rings. The summed E-state index contributed by atoms with van der Waals surface area (Å²) < 4.78 is 0. The van der Waals surface area contributed by atoms with Crippen molar-refractivity contribution in [3.05, 3.63) is 144 Å². The molecule has 0 atom stereocenters. The molecule has 0 aromatic heterocycles. The van der Waals surface area contributed by atoms with Crippen LogP contribution in [0.5, 0.6) is 0 Å². The third-order valence-corrected chi connectivity index (χ3v) is 11.1. The fourth-order valence-electron chi connectivity index (χ4n) is 7.61. The summed E-state index contributed by atoms with van der Waals surface area (Å²) in [6, 6.07) is 37.8. The lowest BCUT2D eigenvalue weighted by molar-refractivity contribution is -0.148. The number of carbonyl (C=O) groups excluding carboxylic acids is 6. The molecule has 1 fully saturated rings. The highest BCUT2D eigenvalue weighted by Crippen LogP contribution is 2.15. The first-order valence-electron chi connectivity index (χ1n) is 22.3. The van der Waals surface area contributed by atoms with Crippen LogP contribution >= 0.6 is 0 Å². The van der Waals surface area contributed by atoms with Gasteiger partial charge in [0.05, 0.1) is 26.2 Å². The summed E-state index contributed by atoms with van der Waals surface area (Å²) in [5.74, 6) is -2.18. The van der Waals surface area contributed by atoms with E-state index in [1.54, 1.807) is 0 Å². The van der Waals surface area contributed by atoms with Gasteiger partial charge in [0.25, 0.3) is 0 Å². The summed E-state index contributed by atoms with van der Waals surface area (Å²) in [6.07, 6.45) is 2.20. The molecule has 14 heteroatoms. The molecule has 0 unspecified atom stereocenters. The zero-order chi connectivity index (χ0) is 45.5. The van der Waals surface area contributed by atoms with Crippen LogP contribution in [0.2, 0.25) is 0 Å². The Morgan fingerprint density at radius 2 is 0.703 bits per heavy atom. The minimum Gasteiger partial charge on any atom is -0.332 e. The Kier molecular flexibility index (Phi) is 20.1. The molecule has 0 radical (unpaired) electrons. The molecular formula is C50H64N8O6. The Balaban J connectivity index is 1.51. The minimum atomic E-state index is -0.482. The standard InChI is InChI=1S/C50H64N8O6/c51-26-15-29-54-37-48(62)57(33-43-21-9-3-10-22-43)39-47(61)55(30-16-27-52)38-49(63)58(34-44-23-11-4-12-24-44)40-50(64)56(32-42-19-7-2-8-20-42)35-45(59)25-13-14-28-53(36-46(54)60)31-41-17-5-1-6-18-41/h1-12,17-24H,13-16,25-40,51-52H2. The van der Waals surface area contributed by atoms with Crippen molar-refractivity contribution in [2.75, 3.05) is 72.0 Å². The van der Waals surface area contributed by atoms with Crippen LogP contribution in [-0.4, -0.2) is 137 Å². The van der Waals surface area contributed by atoms with Gasteiger partial charge in [0.2, 0.25) is 29.5 Å². The molecular weight excluding hydrogens is 809 g/mol. The third kappa shape index (κ3) is 16.5. The van der Waals surface area contributed by atoms with Crippen LogP contribution in [0.3, 0.4) is 0 Å². The molecule has 14 nitrogen and oxygen atoms in total. The topological polar surface area (TPSA) is 174 Å². The minimum absolute atomic E-state index is 0.0200. The van der Waals surface area contributed by atoms with Crippen LogP contribution in [0, 0.1) is 0 Å². The lowest BCUT2D eigenvalue weighted by atomic mass is 10.1. The molecule has 64 heavy (non-hydrogen) atoms. The number of rotatable bonds is 14. The summed E-state index contributed by atoms with van der Waals surface area (Å²) >= 11 is 0. The summed E-state index contributed by atoms with van der Waals surface area (Å²) in [4.78, 5) is 94.8. The Morgan fingerprint density at radius 1 is 0.375 bits per heavy atom. The van der Waals surface area contributed by atoms with E-state index in [9.17, 15) is 28.8 Å². The SMILES string of the molecule is NCCCN1CC(=O)N(Cc2ccccc2)CC(=O)N(CCCN)CC(=O)N(Cc2ccccc2)CC(=O)N(Cc2ccccc2)CC(=O)CCCCN(Cc2ccccc2)CC1=O. The van der Waals surface area contributed by atoms with Crippen molar-refractivity contribution in [2.24, 2.45) is 11.5 Å². The van der Waals surface area contributed by atoms with Crippen LogP contribution in [0.1, 0.15) is 54.4 Å². The van der Waals surface area contributed by atoms with Gasteiger partial charge in [-0.2, -0.15) is 0 Å². The van der Waals surface area contributed by atoms with Crippen molar-refractivity contribution in [3.63, 3.8) is 0 Å². The number of ketones is 1. The van der Waals surface area contributed by atoms with Gasteiger partial charge in [0, 0.05) is 45.7 Å². The van der Waals surface area contributed by atoms with E-state index in [4.69, 9.17) is 11.5 Å². The number of carbonyl (C=O) groups is 6. The second-order valence-electron chi connectivity index (χ2n) is 16.3. The van der Waals surface area contributed by atoms with Crippen molar-refractivity contribution in [1.82, 2.24) is 29.4 Å². The van der Waals surface area contributed by atoms with Gasteiger partial charge >= 0.3 is 0 Å². The smallest absolute Gasteiger partial charge is 0.242 e. The molecule has 0 aliphatic carbocycles. The number of hydrogen-bond donors (Lipinski definition) is 2. The van der Waals surface area contributed by atoms with Gasteiger partial charge in [0.15, 0.2) is 5.78 Å². The van der Waals surface area contributed by atoms with Crippen molar-refractivity contribution in [1.29, 1.82) is 0 Å². The van der Waals surface area contributed by atoms with Gasteiger partial charge in [-0.05, 0) is 67.6 Å². The first kappa shape index (κ1) is 48.8. The molecule has 1 heterocycles. The number of benzene rings is 4. The second kappa shape index (κ2) is 26.4. The van der Waals surface area contributed by atoms with E-state index in [1.165, 1.54) is 24.5 Å². The average Bonchev–Trinajstić information content (AvgIpc) is 3.30. The van der Waals surface area contributed by atoms with Gasteiger partial charge in [-0.25, -0.2) is 0 Å². The fourth-order valence-corrected chi connectivity index (χ4v) is 7.61. The van der Waals surface area contributed by atoms with E-state index in [1.807, 2.05) is 126 Å². The van der Waals surface area contributed by atoms with E-state index < -0.39 is 23.6 Å². The lowest BCUT2D eigenvalue weighted by Gasteiger charge is -2.32. The molecule has 5 rings (SSSR count). The molecule has 4 N–H and O–H groups in total. The predicted molar refractivity (Wildman–Crippen MR) is 247 cm³/mol. The molecule has 0 bridgehead atoms. The third-order valence-electron chi connectivity index (χ3n) is 11.1. The number of Topliss-reactive ketones (excluding diaryl/α,β-unsaturated/α-hetero) is 1. The largest absolute Gasteiger partial charge is 0.332 e. The molecule has 1 saturated heterocycles. The van der Waals surface area contributed by atoms with Gasteiger partial charge in [-0.1, -0.05) is 121 Å². The second-order valence-corrected chi connectivity index (χ2v) is 16.3. The molecule has 0 saturated carbocycles. The molecule has 340 valence electrons. The summed E-state index contributed by atoms with van der Waals surface area (Å²) in [5, 5.41) is 0. The normalized spacial score (nSPS) is 16.6. The summed E-state index contributed by atoms with van der Waals surface area (Å²) in [5.41, 5.74) is 15.3. The number of amides is 5. The zero-order valence-electron chi connectivity index (χ0n) is 37.0. The van der Waals surface area contributed by atoms with Crippen LogP contribution in [0.4, 0.5) is 0 Å². The molecule has 0 spiro atoms. The first-order chi connectivity index (χ1) is 31.1. The highest BCUT2D eigenvalue weighted by Gasteiger charge is 2.30. The summed E-state index contributed by atoms with van der Waals surface area (Å²) in [7, 11) is 0. The van der Waals surface area contributed by atoms with Crippen molar-refractivity contribution in [3.8, 4) is 0 Å². The Bertz CT molecular complexity index is 2080. The van der Waals surface area contributed by atoms with Gasteiger partial charge < -0.3 is 36.0 Å². The predicted octanol–water partition coefficient (Wildman–Crippen LogP) is 3.68. The van der Waals surface area contributed by atoms with Crippen LogP contribution in [-0.2, 0) is 54.9 Å². The van der Waals surface area contributed by atoms with Gasteiger partial charge in [-0.3, -0.25) is 33.7 Å². The van der Waals surface area contributed by atoms with Gasteiger partial charge in [0.1, 0.15) is 13.1 Å². The quantitative estimate of drug-likeness (QED) is 0.192. The molecule has 5 amide bonds. The Labute approximate surface area is 377 Å². The maximum absolute atomic E-state index is 14.4. The summed E-state index contributed by atoms with van der Waals surface area (Å²) in [6.45, 7) is 0.794. The highest BCUT2D eigenvalue weighted by molar-refractivity contribution is 5.92. The monoisotopic (exact) mass is 872 g/mol. The Hall–Kier alpha value is -6.22. The van der Waals surface area contributed by atoms with Crippen LogP contribution in [0.25, 0.3) is 0 Å². The van der Waals surface area contributed by atoms with E-state index in [0.29, 0.717) is 45.3 Å². The van der Waals surface area contributed by atoms with E-state index in [2.05, 4.69) is 0 Å². The van der Waals surface area contributed by atoms with Crippen molar-refractivity contribution >= 4 is 35.3 Å². The van der Waals surface area contributed by atoms with E-state index >= 15 is 0 Å². The van der Waals surface area contributed by atoms with Crippen LogP contribution in [0.15, 0.2) is 121 Å². The van der Waals surface area contributed by atoms with Crippen molar-refractivity contribution in [2.45, 2.75) is 58.3 Å². The number of nitrogens with two attached hydrogens (primary N) is 2. The Morgan fingerprint density at radius 3 is 1.09 bits per heavy atom. The van der Waals surface area contributed by atoms with E-state index in [-0.39, 0.29) is 96.6 Å². The molecule has 1 aliphatic rings. The van der Waals surface area contributed by atoms with Gasteiger partial charge in [-0.15, -0.1) is 0 Å². The maximum Gasteiger partial charge on any atom is 0.242 e. The lowest BCUT2D eigenvalue weighted by Crippen LogP contribution is -2.51. The average molecular weight is 873 g/mol. The zero-order valence-corrected chi connectivity index (χ0v) is 37.0. The fraction of sp³-hybridized carbons (Fsp3) is 0.400. The first-order valence-corrected chi connectivity index (χ1v) is 22.3. The number of hydrogen-bond acceptors (Lipinski definition) is 9. The molecule has 4 aromatic carbocycles. The van der Waals surface area contributed by atoms with Crippen molar-refractivity contribution < 1.29 is 28.8 Å².